The molecule has 0 aromatic rings. The van der Waals surface area contributed by atoms with E-state index in [-0.39, 0.29) is 0 Å². The lowest BCUT2D eigenvalue weighted by Crippen LogP contribution is -2.48. The molecule has 0 bridgehead atoms. The molecule has 0 spiro atoms. The molecule has 0 aromatic carbocycles. The van der Waals surface area contributed by atoms with Crippen LogP contribution in [-0.4, -0.2) is 16.5 Å². The fraction of sp³-hybridized carbons (Fsp3) is 0.857. The smallest absolute Gasteiger partial charge is 0.0343 e. The molecule has 1 rings (SSSR count). The first kappa shape index (κ1) is 12.6. The summed E-state index contributed by atoms with van der Waals surface area (Å²) >= 11 is 0. The van der Waals surface area contributed by atoms with Gasteiger partial charge in [-0.3, -0.25) is 0 Å². The van der Waals surface area contributed by atoms with Gasteiger partial charge in [-0.05, 0) is 52.7 Å². The zero-order chi connectivity index (χ0) is 11.3. The van der Waals surface area contributed by atoms with E-state index < -0.39 is 0 Å². The summed E-state index contributed by atoms with van der Waals surface area (Å²) in [5.74, 6) is 0. The Morgan fingerprint density at radius 1 is 1.40 bits per heavy atom. The molecule has 1 fully saturated rings. The van der Waals surface area contributed by atoms with Crippen LogP contribution in [0.3, 0.4) is 0 Å². The first-order valence-corrected chi connectivity index (χ1v) is 6.53. The number of nitrogens with zero attached hydrogens (tertiary/aromatic N) is 1. The number of unbranched alkanes of at least 4 members (excludes halogenated alkanes) is 2. The van der Waals surface area contributed by atoms with Crippen molar-refractivity contribution in [3.05, 3.63) is 12.3 Å². The van der Waals surface area contributed by atoms with Crippen LogP contribution in [-0.2, 0) is 0 Å². The van der Waals surface area contributed by atoms with Gasteiger partial charge in [0.15, 0.2) is 0 Å². The molecule has 88 valence electrons. The highest BCUT2D eigenvalue weighted by atomic mass is 15.2. The minimum absolute atomic E-state index is 0.361. The minimum atomic E-state index is 0.361. The van der Waals surface area contributed by atoms with Crippen LogP contribution in [0, 0.1) is 0 Å². The molecule has 1 heteroatoms. The van der Waals surface area contributed by atoms with Crippen LogP contribution in [0.1, 0.15) is 66.2 Å². The Morgan fingerprint density at radius 2 is 2.13 bits per heavy atom. The molecule has 1 heterocycles. The Kier molecular flexibility index (Phi) is 4.69. The van der Waals surface area contributed by atoms with Crippen LogP contribution in [0.5, 0.6) is 0 Å². The van der Waals surface area contributed by atoms with Crippen LogP contribution in [0.4, 0.5) is 0 Å². The van der Waals surface area contributed by atoms with E-state index in [1.165, 1.54) is 38.5 Å². The third-order valence-electron chi connectivity index (χ3n) is 3.57. The van der Waals surface area contributed by atoms with Gasteiger partial charge >= 0.3 is 0 Å². The van der Waals surface area contributed by atoms with Crippen LogP contribution in [0.25, 0.3) is 0 Å². The van der Waals surface area contributed by atoms with Crippen molar-refractivity contribution in [1.82, 2.24) is 4.90 Å². The molecule has 15 heavy (non-hydrogen) atoms. The van der Waals surface area contributed by atoms with Gasteiger partial charge in [0, 0.05) is 11.6 Å². The van der Waals surface area contributed by atoms with E-state index in [0.29, 0.717) is 11.6 Å². The second kappa shape index (κ2) is 5.58. The molecule has 0 amide bonds. The Morgan fingerprint density at radius 3 is 2.73 bits per heavy atom. The Balaban J connectivity index is 2.51. The van der Waals surface area contributed by atoms with Gasteiger partial charge < -0.3 is 4.90 Å². The van der Waals surface area contributed by atoms with Gasteiger partial charge in [-0.25, -0.2) is 0 Å². The van der Waals surface area contributed by atoms with Gasteiger partial charge in [0.05, 0.1) is 0 Å². The Labute approximate surface area is 95.5 Å². The number of hydrogen-bond donors (Lipinski definition) is 0. The molecule has 1 saturated heterocycles. The molecule has 0 saturated carbocycles. The zero-order valence-electron chi connectivity index (χ0n) is 10.9. The van der Waals surface area contributed by atoms with E-state index in [2.05, 4.69) is 44.9 Å². The van der Waals surface area contributed by atoms with E-state index >= 15 is 0 Å². The largest absolute Gasteiger partial charge is 0.370 e. The van der Waals surface area contributed by atoms with Crippen molar-refractivity contribution in [2.45, 2.75) is 77.8 Å². The summed E-state index contributed by atoms with van der Waals surface area (Å²) in [4.78, 5) is 2.56. The maximum Gasteiger partial charge on any atom is 0.0343 e. The fourth-order valence-corrected chi connectivity index (χ4v) is 2.55. The summed E-state index contributed by atoms with van der Waals surface area (Å²) in [5.41, 5.74) is 0.361. The lowest BCUT2D eigenvalue weighted by molar-refractivity contribution is 0.0824. The summed E-state index contributed by atoms with van der Waals surface area (Å²) in [5, 5.41) is 0. The van der Waals surface area contributed by atoms with Crippen molar-refractivity contribution in [1.29, 1.82) is 0 Å². The van der Waals surface area contributed by atoms with Gasteiger partial charge in [0.25, 0.3) is 0 Å². The summed E-state index contributed by atoms with van der Waals surface area (Å²) in [7, 11) is 0. The zero-order valence-corrected chi connectivity index (χ0v) is 10.9. The van der Waals surface area contributed by atoms with E-state index in [0.717, 1.165) is 0 Å². The third kappa shape index (κ3) is 3.55. The predicted molar refractivity (Wildman–Crippen MR) is 67.9 cm³/mol. The third-order valence-corrected chi connectivity index (χ3v) is 3.57. The molecule has 0 unspecified atom stereocenters. The fourth-order valence-electron chi connectivity index (χ4n) is 2.55. The first-order chi connectivity index (χ1) is 7.08. The highest BCUT2D eigenvalue weighted by Gasteiger charge is 2.31. The maximum atomic E-state index is 2.56. The molecule has 1 aliphatic rings. The van der Waals surface area contributed by atoms with E-state index in [1.54, 1.807) is 0 Å². The monoisotopic (exact) mass is 209 g/mol. The number of piperidine rings is 1. The van der Waals surface area contributed by atoms with Gasteiger partial charge in [-0.2, -0.15) is 0 Å². The quantitative estimate of drug-likeness (QED) is 0.622. The number of allylic oxidation sites excluding steroid dienone is 1. The number of likely N-dealkylation sites (tertiary alicyclic amines) is 1. The van der Waals surface area contributed by atoms with Crippen LogP contribution in [0.2, 0.25) is 0 Å². The molecular formula is C14H27N. The van der Waals surface area contributed by atoms with Crippen LogP contribution < -0.4 is 0 Å². The average molecular weight is 209 g/mol. The van der Waals surface area contributed by atoms with E-state index in [4.69, 9.17) is 0 Å². The normalized spacial score (nSPS) is 26.1. The molecule has 1 nitrogen and oxygen atoms in total. The Bertz CT molecular complexity index is 205. The van der Waals surface area contributed by atoms with E-state index in [1.807, 2.05) is 0 Å². The molecule has 0 aliphatic carbocycles. The van der Waals surface area contributed by atoms with Crippen molar-refractivity contribution >= 4 is 0 Å². The second-order valence-corrected chi connectivity index (χ2v) is 5.49. The lowest BCUT2D eigenvalue weighted by atomic mass is 9.87. The highest BCUT2D eigenvalue weighted by Crippen LogP contribution is 2.31. The van der Waals surface area contributed by atoms with Crippen molar-refractivity contribution in [3.8, 4) is 0 Å². The van der Waals surface area contributed by atoms with Crippen LogP contribution in [0.15, 0.2) is 12.3 Å². The summed E-state index contributed by atoms with van der Waals surface area (Å²) in [6.45, 7) is 9.34. The van der Waals surface area contributed by atoms with Gasteiger partial charge in [0.2, 0.25) is 0 Å². The van der Waals surface area contributed by atoms with E-state index in [9.17, 15) is 0 Å². The maximum absolute atomic E-state index is 2.56. The van der Waals surface area contributed by atoms with Crippen molar-refractivity contribution < 1.29 is 0 Å². The minimum Gasteiger partial charge on any atom is -0.370 e. The molecule has 0 aromatic heterocycles. The number of rotatable bonds is 4. The average Bonchev–Trinajstić information content (AvgIpc) is 2.15. The van der Waals surface area contributed by atoms with Gasteiger partial charge in [-0.15, -0.1) is 0 Å². The first-order valence-electron chi connectivity index (χ1n) is 6.53. The predicted octanol–water partition coefficient (Wildman–Crippen LogP) is 4.34. The molecule has 1 atom stereocenters. The molecule has 1 aliphatic heterocycles. The molecular weight excluding hydrogens is 182 g/mol. The van der Waals surface area contributed by atoms with Crippen molar-refractivity contribution in [2.75, 3.05) is 0 Å². The molecule has 0 N–H and O–H groups in total. The van der Waals surface area contributed by atoms with Gasteiger partial charge in [0.1, 0.15) is 0 Å². The topological polar surface area (TPSA) is 3.24 Å². The standard InChI is InChI=1S/C14H27N/c1-5-6-7-8-12-15-13(2)10-9-11-14(15,3)4/h8,12-13H,5-7,9-11H2,1-4H3/b12-8+/t13-/m1/s1. The SMILES string of the molecule is CCCC/C=C/N1[C@H](C)CCCC1(C)C. The van der Waals surface area contributed by atoms with Crippen molar-refractivity contribution in [3.63, 3.8) is 0 Å². The second-order valence-electron chi connectivity index (χ2n) is 5.49. The van der Waals surface area contributed by atoms with Gasteiger partial charge in [-0.1, -0.05) is 25.8 Å². The summed E-state index contributed by atoms with van der Waals surface area (Å²) in [6.07, 6.45) is 12.6. The Hall–Kier alpha value is -0.460. The lowest BCUT2D eigenvalue weighted by Gasteiger charge is -2.46. The molecule has 0 radical (unpaired) electrons. The van der Waals surface area contributed by atoms with Crippen molar-refractivity contribution in [2.24, 2.45) is 0 Å². The number of hydrogen-bond acceptors (Lipinski definition) is 1. The van der Waals surface area contributed by atoms with Crippen LogP contribution >= 0.6 is 0 Å². The summed E-state index contributed by atoms with van der Waals surface area (Å²) in [6, 6.07) is 0.714. The highest BCUT2D eigenvalue weighted by molar-refractivity contribution is 4.97. The summed E-state index contributed by atoms with van der Waals surface area (Å²) < 4.78 is 0.